The van der Waals surface area contributed by atoms with Crippen LogP contribution in [-0.4, -0.2) is 37.6 Å². The summed E-state index contributed by atoms with van der Waals surface area (Å²) in [7, 11) is 3.98. The number of ether oxygens (including phenoxy) is 1. The largest absolute Gasteiger partial charge is 0.460 e. The van der Waals surface area contributed by atoms with Crippen molar-refractivity contribution < 1.29 is 9.53 Å². The summed E-state index contributed by atoms with van der Waals surface area (Å²) in [5.74, 6) is -0.225. The second-order valence-electron chi connectivity index (χ2n) is 5.71. The maximum atomic E-state index is 11.6. The van der Waals surface area contributed by atoms with Gasteiger partial charge in [0.1, 0.15) is 6.10 Å². The molecule has 0 spiro atoms. The first-order valence-electron chi connectivity index (χ1n) is 7.49. The van der Waals surface area contributed by atoms with E-state index in [0.29, 0.717) is 6.54 Å². The smallest absolute Gasteiger partial charge is 0.302 e. The minimum Gasteiger partial charge on any atom is -0.460 e. The highest BCUT2D eigenvalue weighted by Crippen LogP contribution is 2.30. The van der Waals surface area contributed by atoms with Crippen molar-refractivity contribution in [2.75, 3.05) is 20.6 Å². The lowest BCUT2D eigenvalue weighted by Gasteiger charge is -2.29. The van der Waals surface area contributed by atoms with Crippen molar-refractivity contribution in [3.63, 3.8) is 0 Å². The van der Waals surface area contributed by atoms with E-state index >= 15 is 0 Å². The van der Waals surface area contributed by atoms with E-state index in [2.05, 4.69) is 24.3 Å². The molecular weight excluding hydrogens is 274 g/mol. The van der Waals surface area contributed by atoms with Gasteiger partial charge in [0.15, 0.2) is 0 Å². The number of rotatable bonds is 6. The zero-order valence-corrected chi connectivity index (χ0v) is 13.4. The molecule has 22 heavy (non-hydrogen) atoms. The Bertz CT molecular complexity index is 541. The van der Waals surface area contributed by atoms with Crippen LogP contribution in [0.1, 0.15) is 24.0 Å². The van der Waals surface area contributed by atoms with Crippen LogP contribution in [0.4, 0.5) is 0 Å². The fraction of sp³-hybridized carbons (Fsp3) is 0.316. The molecule has 2 rings (SSSR count). The van der Waals surface area contributed by atoms with Crippen molar-refractivity contribution in [3.05, 3.63) is 71.8 Å². The minimum atomic E-state index is -0.247. The van der Waals surface area contributed by atoms with E-state index in [1.807, 2.05) is 55.4 Å². The highest BCUT2D eigenvalue weighted by molar-refractivity contribution is 5.66. The van der Waals surface area contributed by atoms with Gasteiger partial charge in [-0.05, 0) is 25.2 Å². The number of hydrogen-bond acceptors (Lipinski definition) is 3. The van der Waals surface area contributed by atoms with Crippen LogP contribution in [0, 0.1) is 0 Å². The molecule has 3 heteroatoms. The molecule has 0 bridgehead atoms. The second-order valence-corrected chi connectivity index (χ2v) is 5.71. The highest BCUT2D eigenvalue weighted by atomic mass is 16.5. The van der Waals surface area contributed by atoms with Crippen molar-refractivity contribution in [2.24, 2.45) is 0 Å². The predicted octanol–water partition coefficient (Wildman–Crippen LogP) is 3.31. The fourth-order valence-electron chi connectivity index (χ4n) is 2.73. The van der Waals surface area contributed by atoms with E-state index in [1.54, 1.807) is 0 Å². The number of esters is 1. The van der Waals surface area contributed by atoms with Gasteiger partial charge in [-0.25, -0.2) is 0 Å². The molecule has 0 radical (unpaired) electrons. The van der Waals surface area contributed by atoms with Gasteiger partial charge >= 0.3 is 5.97 Å². The Morgan fingerprint density at radius 3 is 1.77 bits per heavy atom. The van der Waals surface area contributed by atoms with Gasteiger partial charge in [-0.1, -0.05) is 60.7 Å². The van der Waals surface area contributed by atoms with Crippen molar-refractivity contribution in [1.29, 1.82) is 0 Å². The first kappa shape index (κ1) is 16.2. The third-order valence-corrected chi connectivity index (χ3v) is 3.55. The van der Waals surface area contributed by atoms with Crippen LogP contribution in [-0.2, 0) is 9.53 Å². The highest BCUT2D eigenvalue weighted by Gasteiger charge is 2.28. The average Bonchev–Trinajstić information content (AvgIpc) is 2.48. The van der Waals surface area contributed by atoms with Gasteiger partial charge in [-0.15, -0.1) is 0 Å². The molecule has 3 nitrogen and oxygen atoms in total. The molecule has 0 N–H and O–H groups in total. The number of nitrogens with zero attached hydrogens (tertiary/aromatic N) is 1. The number of carbonyl (C=O) groups is 1. The molecule has 1 atom stereocenters. The molecular formula is C19H23NO2. The number of likely N-dealkylation sites (N-methyl/N-ethyl adjacent to an activating group) is 1. The Morgan fingerprint density at radius 1 is 0.955 bits per heavy atom. The quantitative estimate of drug-likeness (QED) is 0.766. The topological polar surface area (TPSA) is 29.5 Å². The van der Waals surface area contributed by atoms with Crippen LogP contribution in [0.5, 0.6) is 0 Å². The summed E-state index contributed by atoms with van der Waals surface area (Å²) < 4.78 is 5.65. The van der Waals surface area contributed by atoms with Crippen molar-refractivity contribution in [2.45, 2.75) is 18.9 Å². The Hall–Kier alpha value is -2.13. The molecule has 2 aromatic carbocycles. The molecule has 0 saturated heterocycles. The second kappa shape index (κ2) is 7.76. The van der Waals surface area contributed by atoms with Gasteiger partial charge in [0, 0.05) is 19.4 Å². The van der Waals surface area contributed by atoms with E-state index in [0.717, 1.165) is 11.1 Å². The summed E-state index contributed by atoms with van der Waals surface area (Å²) in [6.45, 7) is 2.14. The molecule has 0 fully saturated rings. The molecule has 2 aromatic rings. The molecule has 0 aliphatic heterocycles. The lowest BCUT2D eigenvalue weighted by Crippen LogP contribution is -2.35. The molecule has 0 saturated carbocycles. The molecule has 116 valence electrons. The summed E-state index contributed by atoms with van der Waals surface area (Å²) >= 11 is 0. The summed E-state index contributed by atoms with van der Waals surface area (Å²) in [6, 6.07) is 20.4. The zero-order chi connectivity index (χ0) is 15.9. The Kier molecular flexibility index (Phi) is 5.73. The van der Waals surface area contributed by atoms with Crippen LogP contribution in [0.25, 0.3) is 0 Å². The first-order chi connectivity index (χ1) is 10.6. The average molecular weight is 297 g/mol. The SMILES string of the molecule is CC(=O)OC(CN(C)C)C(c1ccccc1)c1ccccc1. The van der Waals surface area contributed by atoms with Gasteiger partial charge in [-0.3, -0.25) is 4.79 Å². The third kappa shape index (κ3) is 4.43. The van der Waals surface area contributed by atoms with Crippen LogP contribution in [0.2, 0.25) is 0 Å². The van der Waals surface area contributed by atoms with Crippen LogP contribution >= 0.6 is 0 Å². The van der Waals surface area contributed by atoms with Crippen LogP contribution in [0.15, 0.2) is 60.7 Å². The van der Waals surface area contributed by atoms with Crippen LogP contribution < -0.4 is 0 Å². The summed E-state index contributed by atoms with van der Waals surface area (Å²) in [5, 5.41) is 0. The normalized spacial score (nSPS) is 12.4. The Balaban J connectivity index is 2.43. The van der Waals surface area contributed by atoms with E-state index in [9.17, 15) is 4.79 Å². The third-order valence-electron chi connectivity index (χ3n) is 3.55. The van der Waals surface area contributed by atoms with E-state index in [4.69, 9.17) is 4.74 Å². The number of carbonyl (C=O) groups excluding carboxylic acids is 1. The molecule has 0 aliphatic rings. The monoisotopic (exact) mass is 297 g/mol. The predicted molar refractivity (Wildman–Crippen MR) is 88.8 cm³/mol. The number of hydrogen-bond donors (Lipinski definition) is 0. The minimum absolute atomic E-state index is 0.0219. The van der Waals surface area contributed by atoms with Crippen molar-refractivity contribution in [1.82, 2.24) is 4.90 Å². The van der Waals surface area contributed by atoms with Crippen LogP contribution in [0.3, 0.4) is 0 Å². The van der Waals surface area contributed by atoms with E-state index in [-0.39, 0.29) is 18.0 Å². The van der Waals surface area contributed by atoms with Gasteiger partial charge < -0.3 is 9.64 Å². The van der Waals surface area contributed by atoms with Gasteiger partial charge in [-0.2, -0.15) is 0 Å². The van der Waals surface area contributed by atoms with E-state index < -0.39 is 0 Å². The van der Waals surface area contributed by atoms with E-state index in [1.165, 1.54) is 6.92 Å². The summed E-state index contributed by atoms with van der Waals surface area (Å²) in [4.78, 5) is 13.6. The van der Waals surface area contributed by atoms with Gasteiger partial charge in [0.2, 0.25) is 0 Å². The number of benzene rings is 2. The zero-order valence-electron chi connectivity index (χ0n) is 13.4. The maximum absolute atomic E-state index is 11.6. The lowest BCUT2D eigenvalue weighted by atomic mass is 9.86. The fourth-order valence-corrected chi connectivity index (χ4v) is 2.73. The molecule has 1 unspecified atom stereocenters. The molecule has 0 aliphatic carbocycles. The first-order valence-corrected chi connectivity index (χ1v) is 7.49. The standard InChI is InChI=1S/C19H23NO2/c1-15(21)22-18(14-20(2)3)19(16-10-6-4-7-11-16)17-12-8-5-9-13-17/h4-13,18-19H,14H2,1-3H3. The summed E-state index contributed by atoms with van der Waals surface area (Å²) in [5.41, 5.74) is 2.31. The molecule has 0 heterocycles. The van der Waals surface area contributed by atoms with Gasteiger partial charge in [0.25, 0.3) is 0 Å². The molecule has 0 aromatic heterocycles. The van der Waals surface area contributed by atoms with Gasteiger partial charge in [0.05, 0.1) is 0 Å². The summed E-state index contributed by atoms with van der Waals surface area (Å²) in [6.07, 6.45) is -0.225. The molecule has 0 amide bonds. The van der Waals surface area contributed by atoms with Crippen molar-refractivity contribution >= 4 is 5.97 Å². The maximum Gasteiger partial charge on any atom is 0.302 e. The Labute approximate surface area is 132 Å². The Morgan fingerprint density at radius 2 is 1.41 bits per heavy atom. The van der Waals surface area contributed by atoms with Crippen molar-refractivity contribution in [3.8, 4) is 0 Å². The lowest BCUT2D eigenvalue weighted by molar-refractivity contribution is -0.147.